The molecule has 0 aromatic heterocycles. The summed E-state index contributed by atoms with van der Waals surface area (Å²) in [5, 5.41) is 21.5. The van der Waals surface area contributed by atoms with Crippen molar-refractivity contribution in [2.45, 2.75) is 39.2 Å². The number of nitrogens with two attached hydrogens (primary N) is 1. The molecule has 0 bridgehead atoms. The Kier molecular flexibility index (Phi) is 3.80. The van der Waals surface area contributed by atoms with E-state index in [1.54, 1.807) is 0 Å². The number of β-amino-alcohol motifs (C(OH)–C–C–N with tert-alkyl or cyclic N) is 1. The van der Waals surface area contributed by atoms with E-state index in [9.17, 15) is 5.11 Å². The SMILES string of the molecule is CC1(O)CCN(CCC(C)(C)C(N)=NO)C1. The normalized spacial score (nSPS) is 28.6. The van der Waals surface area contributed by atoms with Gasteiger partial charge >= 0.3 is 0 Å². The molecule has 1 rings (SSSR count). The molecule has 0 spiro atoms. The van der Waals surface area contributed by atoms with Crippen LogP contribution in [0.15, 0.2) is 5.16 Å². The lowest BCUT2D eigenvalue weighted by molar-refractivity contribution is 0.0678. The van der Waals surface area contributed by atoms with Gasteiger partial charge in [0.25, 0.3) is 0 Å². The number of oxime groups is 1. The molecule has 1 unspecified atom stereocenters. The predicted molar refractivity (Wildman–Crippen MR) is 63.5 cm³/mol. The second-order valence-electron chi connectivity index (χ2n) is 5.64. The molecule has 16 heavy (non-hydrogen) atoms. The molecule has 0 radical (unpaired) electrons. The first-order valence-electron chi connectivity index (χ1n) is 5.70. The summed E-state index contributed by atoms with van der Waals surface area (Å²) in [6.45, 7) is 8.26. The van der Waals surface area contributed by atoms with Crippen molar-refractivity contribution in [3.8, 4) is 0 Å². The first-order chi connectivity index (χ1) is 7.27. The minimum Gasteiger partial charge on any atom is -0.409 e. The van der Waals surface area contributed by atoms with Gasteiger partial charge in [-0.25, -0.2) is 0 Å². The zero-order valence-electron chi connectivity index (χ0n) is 10.4. The molecule has 1 saturated heterocycles. The lowest BCUT2D eigenvalue weighted by Crippen LogP contribution is -2.37. The Hall–Kier alpha value is -0.810. The third-order valence-electron chi connectivity index (χ3n) is 3.39. The van der Waals surface area contributed by atoms with Crippen LogP contribution < -0.4 is 5.73 Å². The minimum atomic E-state index is -0.555. The van der Waals surface area contributed by atoms with Crippen molar-refractivity contribution in [3.63, 3.8) is 0 Å². The summed E-state index contributed by atoms with van der Waals surface area (Å²) in [7, 11) is 0. The first-order valence-corrected chi connectivity index (χ1v) is 5.70. The van der Waals surface area contributed by atoms with Crippen LogP contribution in [0.5, 0.6) is 0 Å². The van der Waals surface area contributed by atoms with Crippen LogP contribution in [0.1, 0.15) is 33.6 Å². The molecule has 0 aromatic carbocycles. The van der Waals surface area contributed by atoms with Gasteiger partial charge in [0.15, 0.2) is 0 Å². The summed E-state index contributed by atoms with van der Waals surface area (Å²) in [5.41, 5.74) is 4.76. The van der Waals surface area contributed by atoms with E-state index in [0.717, 1.165) is 25.9 Å². The molecule has 5 heteroatoms. The van der Waals surface area contributed by atoms with Gasteiger partial charge in [-0.05, 0) is 26.3 Å². The Labute approximate surface area is 96.9 Å². The highest BCUT2D eigenvalue weighted by atomic mass is 16.4. The summed E-state index contributed by atoms with van der Waals surface area (Å²) in [5.74, 6) is 0.262. The molecular weight excluding hydrogens is 206 g/mol. The van der Waals surface area contributed by atoms with Crippen LogP contribution in [-0.4, -0.2) is 46.3 Å². The fourth-order valence-electron chi connectivity index (χ4n) is 1.93. The number of likely N-dealkylation sites (tertiary alicyclic amines) is 1. The highest BCUT2D eigenvalue weighted by molar-refractivity contribution is 5.85. The first kappa shape index (κ1) is 13.3. The molecule has 1 heterocycles. The maximum Gasteiger partial charge on any atom is 0.144 e. The van der Waals surface area contributed by atoms with Crippen molar-refractivity contribution in [1.82, 2.24) is 4.90 Å². The molecule has 1 fully saturated rings. The molecule has 1 atom stereocenters. The van der Waals surface area contributed by atoms with Crippen molar-refractivity contribution in [1.29, 1.82) is 0 Å². The van der Waals surface area contributed by atoms with Crippen LogP contribution >= 0.6 is 0 Å². The van der Waals surface area contributed by atoms with Crippen molar-refractivity contribution in [2.75, 3.05) is 19.6 Å². The van der Waals surface area contributed by atoms with E-state index < -0.39 is 5.60 Å². The van der Waals surface area contributed by atoms with Gasteiger partial charge in [0.05, 0.1) is 5.60 Å². The molecule has 94 valence electrons. The summed E-state index contributed by atoms with van der Waals surface area (Å²) in [4.78, 5) is 2.21. The van der Waals surface area contributed by atoms with Crippen LogP contribution in [-0.2, 0) is 0 Å². The fourth-order valence-corrected chi connectivity index (χ4v) is 1.93. The second kappa shape index (κ2) is 4.59. The van der Waals surface area contributed by atoms with E-state index in [4.69, 9.17) is 10.9 Å². The van der Waals surface area contributed by atoms with Gasteiger partial charge in [0, 0.05) is 18.5 Å². The Balaban J connectivity index is 2.41. The Morgan fingerprint density at radius 3 is 2.62 bits per heavy atom. The smallest absolute Gasteiger partial charge is 0.144 e. The maximum absolute atomic E-state index is 9.82. The lowest BCUT2D eigenvalue weighted by atomic mass is 9.88. The summed E-state index contributed by atoms with van der Waals surface area (Å²) < 4.78 is 0. The van der Waals surface area contributed by atoms with Crippen molar-refractivity contribution in [2.24, 2.45) is 16.3 Å². The van der Waals surface area contributed by atoms with E-state index in [-0.39, 0.29) is 11.3 Å². The minimum absolute atomic E-state index is 0.262. The predicted octanol–water partition coefficient (Wildman–Crippen LogP) is 0.606. The fraction of sp³-hybridized carbons (Fsp3) is 0.909. The van der Waals surface area contributed by atoms with Crippen LogP contribution in [0.2, 0.25) is 0 Å². The van der Waals surface area contributed by atoms with E-state index in [1.807, 2.05) is 20.8 Å². The Morgan fingerprint density at radius 1 is 1.56 bits per heavy atom. The lowest BCUT2D eigenvalue weighted by Gasteiger charge is -2.26. The molecule has 1 aliphatic rings. The quantitative estimate of drug-likeness (QED) is 0.285. The average molecular weight is 229 g/mol. The number of aliphatic hydroxyl groups is 1. The molecule has 5 nitrogen and oxygen atoms in total. The highest BCUT2D eigenvalue weighted by Gasteiger charge is 2.32. The standard InChI is InChI=1S/C11H23N3O2/c1-10(2,9(12)13-16)4-6-14-7-5-11(3,15)8-14/h15-16H,4-8H2,1-3H3,(H2,12,13). The number of hydrogen-bond acceptors (Lipinski definition) is 4. The third kappa shape index (κ3) is 3.35. The molecule has 4 N–H and O–H groups in total. The van der Waals surface area contributed by atoms with Crippen LogP contribution in [0.3, 0.4) is 0 Å². The molecular formula is C11H23N3O2. The van der Waals surface area contributed by atoms with E-state index in [0.29, 0.717) is 6.54 Å². The average Bonchev–Trinajstić information content (AvgIpc) is 2.54. The molecule has 0 aromatic rings. The summed E-state index contributed by atoms with van der Waals surface area (Å²) >= 11 is 0. The van der Waals surface area contributed by atoms with Crippen LogP contribution in [0.25, 0.3) is 0 Å². The largest absolute Gasteiger partial charge is 0.409 e. The molecule has 0 amide bonds. The zero-order valence-corrected chi connectivity index (χ0v) is 10.4. The Bertz CT molecular complexity index is 274. The van der Waals surface area contributed by atoms with Gasteiger partial charge in [-0.1, -0.05) is 19.0 Å². The third-order valence-corrected chi connectivity index (χ3v) is 3.39. The van der Waals surface area contributed by atoms with Gasteiger partial charge < -0.3 is 20.9 Å². The van der Waals surface area contributed by atoms with E-state index in [2.05, 4.69) is 10.1 Å². The number of nitrogens with zero attached hydrogens (tertiary/aromatic N) is 2. The second-order valence-corrected chi connectivity index (χ2v) is 5.64. The molecule has 1 aliphatic heterocycles. The van der Waals surface area contributed by atoms with Crippen LogP contribution in [0, 0.1) is 5.41 Å². The molecule has 0 aliphatic carbocycles. The Morgan fingerprint density at radius 2 is 2.19 bits per heavy atom. The van der Waals surface area contributed by atoms with Gasteiger partial charge in [-0.3, -0.25) is 0 Å². The number of hydrogen-bond donors (Lipinski definition) is 3. The molecule has 0 saturated carbocycles. The van der Waals surface area contributed by atoms with E-state index in [1.165, 1.54) is 0 Å². The summed E-state index contributed by atoms with van der Waals surface area (Å²) in [6.07, 6.45) is 1.63. The van der Waals surface area contributed by atoms with Crippen molar-refractivity contribution < 1.29 is 10.3 Å². The summed E-state index contributed by atoms with van der Waals surface area (Å²) in [6, 6.07) is 0. The van der Waals surface area contributed by atoms with E-state index >= 15 is 0 Å². The zero-order chi connectivity index (χ0) is 12.4. The van der Waals surface area contributed by atoms with Gasteiger partial charge in [-0.15, -0.1) is 0 Å². The highest BCUT2D eigenvalue weighted by Crippen LogP contribution is 2.25. The monoisotopic (exact) mass is 229 g/mol. The van der Waals surface area contributed by atoms with Crippen LogP contribution in [0.4, 0.5) is 0 Å². The number of amidine groups is 1. The number of rotatable bonds is 4. The topological polar surface area (TPSA) is 82.1 Å². The maximum atomic E-state index is 9.82. The van der Waals surface area contributed by atoms with Gasteiger partial charge in [-0.2, -0.15) is 0 Å². The van der Waals surface area contributed by atoms with Crippen molar-refractivity contribution in [3.05, 3.63) is 0 Å². The van der Waals surface area contributed by atoms with Gasteiger partial charge in [0.1, 0.15) is 5.84 Å². The van der Waals surface area contributed by atoms with Crippen molar-refractivity contribution >= 4 is 5.84 Å². The van der Waals surface area contributed by atoms with Gasteiger partial charge in [0.2, 0.25) is 0 Å².